The highest BCUT2D eigenvalue weighted by molar-refractivity contribution is 5.37. The third-order valence-electron chi connectivity index (χ3n) is 4.21. The van der Waals surface area contributed by atoms with Crippen molar-refractivity contribution >= 4 is 0 Å². The molecule has 1 rings (SSSR count). The smallest absolute Gasteiger partial charge is 0.0112 e. The lowest BCUT2D eigenvalue weighted by molar-refractivity contribution is 0.377. The van der Waals surface area contributed by atoms with Crippen LogP contribution in [0.25, 0.3) is 0 Å². The van der Waals surface area contributed by atoms with Crippen LogP contribution in [0.4, 0.5) is 0 Å². The van der Waals surface area contributed by atoms with Gasteiger partial charge in [-0.1, -0.05) is 67.0 Å². The summed E-state index contributed by atoms with van der Waals surface area (Å²) in [5.41, 5.74) is 11.3. The summed E-state index contributed by atoms with van der Waals surface area (Å²) in [4.78, 5) is 0. The average molecular weight is 285 g/mol. The van der Waals surface area contributed by atoms with Crippen molar-refractivity contribution in [3.63, 3.8) is 0 Å². The molecule has 0 aliphatic heterocycles. The molecule has 0 aromatic heterocycles. The van der Waals surface area contributed by atoms with Crippen molar-refractivity contribution in [3.8, 4) is 0 Å². The fraction of sp³-hybridized carbons (Fsp3) is 0.500. The van der Waals surface area contributed by atoms with Gasteiger partial charge in [0.2, 0.25) is 0 Å². The average Bonchev–Trinajstić information content (AvgIpc) is 2.37. The Hall–Kier alpha value is -1.34. The number of hydrogen-bond acceptors (Lipinski definition) is 1. The molecular weight excluding hydrogens is 254 g/mol. The van der Waals surface area contributed by atoms with Crippen molar-refractivity contribution in [2.45, 2.75) is 53.9 Å². The fourth-order valence-corrected chi connectivity index (χ4v) is 2.89. The molecule has 1 aliphatic carbocycles. The first kappa shape index (κ1) is 17.7. The van der Waals surface area contributed by atoms with E-state index in [9.17, 15) is 0 Å². The maximum absolute atomic E-state index is 5.49. The van der Waals surface area contributed by atoms with Gasteiger partial charge in [0.1, 0.15) is 0 Å². The third kappa shape index (κ3) is 5.89. The summed E-state index contributed by atoms with van der Waals surface area (Å²) in [6.07, 6.45) is 16.8. The molecule has 0 aromatic carbocycles. The first-order valence-corrected chi connectivity index (χ1v) is 7.97. The van der Waals surface area contributed by atoms with Gasteiger partial charge < -0.3 is 5.73 Å². The standard InChI is InChI=1S/C20H31N/c1-16(8-6-9-17(2)13-15-21)11-12-19-18(3)10-7-14-20(19,4)5/h6,8-9,11-13H,7,10,14-15,21H2,1-5H3/b9-6?,12-11?,16-8-,17-13?. The predicted octanol–water partition coefficient (Wildman–Crippen LogP) is 5.48. The zero-order valence-corrected chi connectivity index (χ0v) is 14.4. The predicted molar refractivity (Wildman–Crippen MR) is 95.2 cm³/mol. The lowest BCUT2D eigenvalue weighted by Gasteiger charge is -2.32. The van der Waals surface area contributed by atoms with Crippen LogP contribution in [0, 0.1) is 5.41 Å². The van der Waals surface area contributed by atoms with Crippen LogP contribution >= 0.6 is 0 Å². The summed E-state index contributed by atoms with van der Waals surface area (Å²) in [7, 11) is 0. The van der Waals surface area contributed by atoms with E-state index in [2.05, 4.69) is 65.0 Å². The maximum Gasteiger partial charge on any atom is 0.0112 e. The van der Waals surface area contributed by atoms with Crippen LogP contribution in [0.5, 0.6) is 0 Å². The van der Waals surface area contributed by atoms with Gasteiger partial charge in [-0.2, -0.15) is 0 Å². The minimum absolute atomic E-state index is 0.315. The molecule has 0 saturated carbocycles. The van der Waals surface area contributed by atoms with Crippen LogP contribution in [0.2, 0.25) is 0 Å². The van der Waals surface area contributed by atoms with Crippen molar-refractivity contribution < 1.29 is 0 Å². The van der Waals surface area contributed by atoms with Crippen LogP contribution in [-0.2, 0) is 0 Å². The lowest BCUT2D eigenvalue weighted by atomic mass is 9.72. The van der Waals surface area contributed by atoms with E-state index in [1.807, 2.05) is 6.08 Å². The van der Waals surface area contributed by atoms with E-state index in [1.54, 1.807) is 5.57 Å². The minimum atomic E-state index is 0.315. The second-order valence-corrected chi connectivity index (χ2v) is 6.72. The highest BCUT2D eigenvalue weighted by Crippen LogP contribution is 2.40. The molecule has 0 atom stereocenters. The van der Waals surface area contributed by atoms with E-state index in [-0.39, 0.29) is 0 Å². The normalized spacial score (nSPS) is 20.9. The molecule has 0 spiro atoms. The molecule has 0 bridgehead atoms. The molecule has 0 fully saturated rings. The van der Waals surface area contributed by atoms with E-state index in [1.165, 1.54) is 36.0 Å². The quantitative estimate of drug-likeness (QED) is 0.665. The molecule has 1 aliphatic rings. The van der Waals surface area contributed by atoms with Crippen molar-refractivity contribution in [2.24, 2.45) is 11.1 Å². The maximum atomic E-state index is 5.49. The highest BCUT2D eigenvalue weighted by atomic mass is 14.5. The number of hydrogen-bond donors (Lipinski definition) is 1. The molecular formula is C20H31N. The Balaban J connectivity index is 2.78. The van der Waals surface area contributed by atoms with E-state index >= 15 is 0 Å². The van der Waals surface area contributed by atoms with Gasteiger partial charge in [0, 0.05) is 6.54 Å². The molecule has 0 radical (unpaired) electrons. The van der Waals surface area contributed by atoms with E-state index in [0.717, 1.165) is 0 Å². The summed E-state index contributed by atoms with van der Waals surface area (Å²) in [5, 5.41) is 0. The summed E-state index contributed by atoms with van der Waals surface area (Å²) in [6, 6.07) is 0. The molecule has 21 heavy (non-hydrogen) atoms. The van der Waals surface area contributed by atoms with Crippen LogP contribution in [0.15, 0.2) is 58.7 Å². The lowest BCUT2D eigenvalue weighted by Crippen LogP contribution is -2.19. The van der Waals surface area contributed by atoms with Gasteiger partial charge in [0.25, 0.3) is 0 Å². The molecule has 0 unspecified atom stereocenters. The van der Waals surface area contributed by atoms with Gasteiger partial charge in [-0.15, -0.1) is 0 Å². The number of allylic oxidation sites excluding steroid dienone is 9. The fourth-order valence-electron chi connectivity index (χ4n) is 2.89. The molecule has 116 valence electrons. The Morgan fingerprint density at radius 1 is 1.19 bits per heavy atom. The highest BCUT2D eigenvalue weighted by Gasteiger charge is 2.26. The number of nitrogens with two attached hydrogens (primary N) is 1. The molecule has 0 amide bonds. The Bertz CT molecular complexity index is 496. The van der Waals surface area contributed by atoms with Crippen molar-refractivity contribution in [1.82, 2.24) is 0 Å². The van der Waals surface area contributed by atoms with Gasteiger partial charge in [-0.05, 0) is 51.0 Å². The third-order valence-corrected chi connectivity index (χ3v) is 4.21. The van der Waals surface area contributed by atoms with Gasteiger partial charge in [-0.3, -0.25) is 0 Å². The van der Waals surface area contributed by atoms with Crippen LogP contribution in [0.1, 0.15) is 53.9 Å². The first-order valence-electron chi connectivity index (χ1n) is 7.97. The van der Waals surface area contributed by atoms with Crippen LogP contribution in [0.3, 0.4) is 0 Å². The SMILES string of the molecule is CC(C=C/C=C(/C)C=CC1=C(C)CCCC1(C)C)=CCN. The van der Waals surface area contributed by atoms with Crippen LogP contribution in [-0.4, -0.2) is 6.54 Å². The molecule has 1 nitrogen and oxygen atoms in total. The van der Waals surface area contributed by atoms with Crippen LogP contribution < -0.4 is 5.73 Å². The second-order valence-electron chi connectivity index (χ2n) is 6.72. The summed E-state index contributed by atoms with van der Waals surface area (Å²) in [5.74, 6) is 0. The Morgan fingerprint density at radius 3 is 2.52 bits per heavy atom. The molecule has 0 heterocycles. The molecule has 2 N–H and O–H groups in total. The summed E-state index contributed by atoms with van der Waals surface area (Å²) in [6.45, 7) is 11.8. The molecule has 0 saturated heterocycles. The van der Waals surface area contributed by atoms with Gasteiger partial charge in [0.05, 0.1) is 0 Å². The van der Waals surface area contributed by atoms with Crippen molar-refractivity contribution in [3.05, 3.63) is 58.7 Å². The minimum Gasteiger partial charge on any atom is -0.327 e. The van der Waals surface area contributed by atoms with E-state index in [0.29, 0.717) is 12.0 Å². The van der Waals surface area contributed by atoms with Crippen molar-refractivity contribution in [2.75, 3.05) is 6.54 Å². The van der Waals surface area contributed by atoms with Gasteiger partial charge in [0.15, 0.2) is 0 Å². The van der Waals surface area contributed by atoms with Crippen molar-refractivity contribution in [1.29, 1.82) is 0 Å². The summed E-state index contributed by atoms with van der Waals surface area (Å²) >= 11 is 0. The largest absolute Gasteiger partial charge is 0.327 e. The Morgan fingerprint density at radius 2 is 1.90 bits per heavy atom. The first-order chi connectivity index (χ1) is 9.86. The Kier molecular flexibility index (Phi) is 6.91. The van der Waals surface area contributed by atoms with E-state index in [4.69, 9.17) is 5.73 Å². The zero-order valence-electron chi connectivity index (χ0n) is 14.4. The topological polar surface area (TPSA) is 26.0 Å². The second kappa shape index (κ2) is 8.19. The Labute approximate surface area is 131 Å². The number of rotatable bonds is 5. The molecule has 1 heteroatoms. The molecule has 0 aromatic rings. The van der Waals surface area contributed by atoms with Gasteiger partial charge in [-0.25, -0.2) is 0 Å². The van der Waals surface area contributed by atoms with E-state index < -0.39 is 0 Å². The zero-order chi connectivity index (χ0) is 15.9. The summed E-state index contributed by atoms with van der Waals surface area (Å²) < 4.78 is 0. The monoisotopic (exact) mass is 285 g/mol. The van der Waals surface area contributed by atoms with Gasteiger partial charge >= 0.3 is 0 Å².